The van der Waals surface area contributed by atoms with E-state index in [1.807, 2.05) is 0 Å². The first-order valence-electron chi connectivity index (χ1n) is 3.72. The molecular weight excluding hydrogens is 144 g/mol. The van der Waals surface area contributed by atoms with Crippen LogP contribution in [0.3, 0.4) is 0 Å². The van der Waals surface area contributed by atoms with Crippen molar-refractivity contribution in [1.29, 1.82) is 0 Å². The smallest absolute Gasteiger partial charge is 0.239 e. The van der Waals surface area contributed by atoms with Crippen LogP contribution in [0.1, 0.15) is 6.92 Å². The van der Waals surface area contributed by atoms with Gasteiger partial charge in [-0.2, -0.15) is 0 Å². The van der Waals surface area contributed by atoms with Gasteiger partial charge in [-0.05, 0) is 6.92 Å². The lowest BCUT2D eigenvalue weighted by molar-refractivity contribution is -0.143. The molecular formula is C7H14N2O2. The van der Waals surface area contributed by atoms with Crippen LogP contribution in [0.2, 0.25) is 0 Å². The van der Waals surface area contributed by atoms with Gasteiger partial charge in [-0.25, -0.2) is 0 Å². The van der Waals surface area contributed by atoms with Crippen LogP contribution in [-0.2, 0) is 9.53 Å². The Labute approximate surface area is 66.3 Å². The monoisotopic (exact) mass is 158 g/mol. The molecule has 2 N–H and O–H groups in total. The van der Waals surface area contributed by atoms with Gasteiger partial charge in [0.1, 0.15) is 0 Å². The molecule has 0 spiro atoms. The van der Waals surface area contributed by atoms with Gasteiger partial charge in [0, 0.05) is 20.2 Å². The first-order valence-corrected chi connectivity index (χ1v) is 3.72. The molecule has 64 valence electrons. The quantitative estimate of drug-likeness (QED) is 0.572. The van der Waals surface area contributed by atoms with Gasteiger partial charge in [0.15, 0.2) is 0 Å². The fraction of sp³-hybridized carbons (Fsp3) is 0.857. The Morgan fingerprint density at radius 3 is 2.64 bits per heavy atom. The number of amides is 1. The van der Waals surface area contributed by atoms with E-state index in [0.29, 0.717) is 13.1 Å². The summed E-state index contributed by atoms with van der Waals surface area (Å²) in [6.45, 7) is 3.08. The Kier molecular flexibility index (Phi) is 2.46. The molecule has 1 atom stereocenters. The summed E-state index contributed by atoms with van der Waals surface area (Å²) in [5, 5.41) is 0. The topological polar surface area (TPSA) is 55.6 Å². The van der Waals surface area contributed by atoms with Gasteiger partial charge >= 0.3 is 0 Å². The Morgan fingerprint density at radius 2 is 2.27 bits per heavy atom. The summed E-state index contributed by atoms with van der Waals surface area (Å²) in [5.74, 6) is 0.0123. The Hall–Kier alpha value is -0.610. The number of nitrogens with zero attached hydrogens (tertiary/aromatic N) is 1. The van der Waals surface area contributed by atoms with Crippen LogP contribution in [0.15, 0.2) is 0 Å². The zero-order chi connectivity index (χ0) is 8.43. The summed E-state index contributed by atoms with van der Waals surface area (Å²) in [4.78, 5) is 12.8. The number of rotatable bonds is 2. The number of nitrogens with two attached hydrogens (primary N) is 1. The normalized spacial score (nSPS) is 21.2. The zero-order valence-electron chi connectivity index (χ0n) is 6.91. The van der Waals surface area contributed by atoms with Crippen LogP contribution in [0.25, 0.3) is 0 Å². The minimum Gasteiger partial charge on any atom is -0.378 e. The number of methoxy groups -OCH3 is 1. The third-order valence-corrected chi connectivity index (χ3v) is 1.88. The molecule has 0 radical (unpaired) electrons. The molecule has 1 rings (SSSR count). The Balaban J connectivity index is 2.27. The fourth-order valence-electron chi connectivity index (χ4n) is 1.06. The van der Waals surface area contributed by atoms with Gasteiger partial charge in [0.25, 0.3) is 0 Å². The summed E-state index contributed by atoms with van der Waals surface area (Å²) in [6.07, 6.45) is 0.220. The molecule has 0 aromatic rings. The number of likely N-dealkylation sites (tertiary alicyclic amines) is 1. The summed E-state index contributed by atoms with van der Waals surface area (Å²) in [7, 11) is 1.65. The van der Waals surface area contributed by atoms with Crippen molar-refractivity contribution in [2.24, 2.45) is 5.73 Å². The molecule has 0 bridgehead atoms. The second-order valence-corrected chi connectivity index (χ2v) is 2.89. The maximum Gasteiger partial charge on any atom is 0.239 e. The second kappa shape index (κ2) is 3.19. The highest BCUT2D eigenvalue weighted by atomic mass is 16.5. The van der Waals surface area contributed by atoms with E-state index >= 15 is 0 Å². The highest BCUT2D eigenvalue weighted by Crippen LogP contribution is 2.11. The van der Waals surface area contributed by atoms with E-state index in [1.54, 1.807) is 18.9 Å². The van der Waals surface area contributed by atoms with E-state index in [9.17, 15) is 4.79 Å². The van der Waals surface area contributed by atoms with Crippen LogP contribution >= 0.6 is 0 Å². The van der Waals surface area contributed by atoms with Crippen LogP contribution in [0, 0.1) is 0 Å². The number of ether oxygens (including phenoxy) is 1. The molecule has 1 amide bonds. The van der Waals surface area contributed by atoms with Crippen molar-refractivity contribution < 1.29 is 9.53 Å². The molecule has 1 aliphatic heterocycles. The van der Waals surface area contributed by atoms with Gasteiger partial charge < -0.3 is 15.4 Å². The van der Waals surface area contributed by atoms with E-state index in [-0.39, 0.29) is 18.1 Å². The molecule has 1 aliphatic rings. The molecule has 0 saturated carbocycles. The van der Waals surface area contributed by atoms with E-state index in [1.165, 1.54) is 0 Å². The fourth-order valence-corrected chi connectivity index (χ4v) is 1.06. The average Bonchev–Trinajstić information content (AvgIpc) is 1.85. The Bertz CT molecular complexity index is 153. The Morgan fingerprint density at radius 1 is 1.73 bits per heavy atom. The second-order valence-electron chi connectivity index (χ2n) is 2.89. The van der Waals surface area contributed by atoms with E-state index in [2.05, 4.69) is 0 Å². The first-order chi connectivity index (χ1) is 5.15. The van der Waals surface area contributed by atoms with Crippen molar-refractivity contribution >= 4 is 5.91 Å². The number of hydrogen-bond donors (Lipinski definition) is 1. The van der Waals surface area contributed by atoms with Crippen molar-refractivity contribution in [3.8, 4) is 0 Å². The standard InChI is InChI=1S/C7H14N2O2/c1-5(8)7(10)9-3-6(4-9)11-2/h5-6H,3-4,8H2,1-2H3. The summed E-state index contributed by atoms with van der Waals surface area (Å²) < 4.78 is 5.01. The van der Waals surface area contributed by atoms with Crippen molar-refractivity contribution in [3.63, 3.8) is 0 Å². The molecule has 0 aromatic heterocycles. The molecule has 4 nitrogen and oxygen atoms in total. The predicted molar refractivity (Wildman–Crippen MR) is 41.0 cm³/mol. The first kappa shape index (κ1) is 8.49. The van der Waals surface area contributed by atoms with Gasteiger partial charge in [-0.3, -0.25) is 4.79 Å². The van der Waals surface area contributed by atoms with E-state index < -0.39 is 0 Å². The molecule has 0 aliphatic carbocycles. The summed E-state index contributed by atoms with van der Waals surface area (Å²) in [6, 6.07) is -0.382. The van der Waals surface area contributed by atoms with Crippen molar-refractivity contribution in [1.82, 2.24) is 4.90 Å². The van der Waals surface area contributed by atoms with Crippen LogP contribution in [-0.4, -0.2) is 43.2 Å². The molecule has 1 fully saturated rings. The van der Waals surface area contributed by atoms with Crippen LogP contribution < -0.4 is 5.73 Å². The molecule has 4 heteroatoms. The van der Waals surface area contributed by atoms with E-state index in [0.717, 1.165) is 0 Å². The number of hydrogen-bond acceptors (Lipinski definition) is 3. The third-order valence-electron chi connectivity index (χ3n) is 1.88. The van der Waals surface area contributed by atoms with Gasteiger partial charge in [0.2, 0.25) is 5.91 Å². The van der Waals surface area contributed by atoms with Gasteiger partial charge in [-0.1, -0.05) is 0 Å². The lowest BCUT2D eigenvalue weighted by atomic mass is 10.1. The molecule has 0 aromatic carbocycles. The lowest BCUT2D eigenvalue weighted by Crippen LogP contribution is -2.57. The van der Waals surface area contributed by atoms with Crippen molar-refractivity contribution in [3.05, 3.63) is 0 Å². The summed E-state index contributed by atoms with van der Waals surface area (Å²) >= 11 is 0. The highest BCUT2D eigenvalue weighted by Gasteiger charge is 2.31. The largest absolute Gasteiger partial charge is 0.378 e. The van der Waals surface area contributed by atoms with Gasteiger partial charge in [-0.15, -0.1) is 0 Å². The molecule has 1 unspecified atom stereocenters. The SMILES string of the molecule is COC1CN(C(=O)C(C)N)C1. The molecule has 11 heavy (non-hydrogen) atoms. The van der Waals surface area contributed by atoms with Crippen LogP contribution in [0.5, 0.6) is 0 Å². The summed E-state index contributed by atoms with van der Waals surface area (Å²) in [5.41, 5.74) is 5.40. The van der Waals surface area contributed by atoms with Crippen molar-refractivity contribution in [2.75, 3.05) is 20.2 Å². The highest BCUT2D eigenvalue weighted by molar-refractivity contribution is 5.82. The number of carbonyl (C=O) groups excluding carboxylic acids is 1. The lowest BCUT2D eigenvalue weighted by Gasteiger charge is -2.38. The average molecular weight is 158 g/mol. The zero-order valence-corrected chi connectivity index (χ0v) is 6.91. The predicted octanol–water partition coefficient (Wildman–Crippen LogP) is -0.809. The molecule has 1 heterocycles. The minimum absolute atomic E-state index is 0.0123. The maximum absolute atomic E-state index is 11.1. The van der Waals surface area contributed by atoms with Gasteiger partial charge in [0.05, 0.1) is 12.1 Å². The van der Waals surface area contributed by atoms with E-state index in [4.69, 9.17) is 10.5 Å². The number of carbonyl (C=O) groups is 1. The maximum atomic E-state index is 11.1. The van der Waals surface area contributed by atoms with Crippen LogP contribution in [0.4, 0.5) is 0 Å². The minimum atomic E-state index is -0.382. The third kappa shape index (κ3) is 1.70. The van der Waals surface area contributed by atoms with Crippen molar-refractivity contribution in [2.45, 2.75) is 19.1 Å². The molecule has 1 saturated heterocycles.